The number of likely N-dealkylation sites (tertiary alicyclic amines) is 1. The van der Waals surface area contributed by atoms with Crippen LogP contribution >= 0.6 is 0 Å². The van der Waals surface area contributed by atoms with E-state index in [0.29, 0.717) is 18.8 Å². The number of rotatable bonds is 5. The fourth-order valence-electron chi connectivity index (χ4n) is 3.56. The van der Waals surface area contributed by atoms with Crippen molar-refractivity contribution >= 4 is 6.03 Å². The van der Waals surface area contributed by atoms with Crippen LogP contribution in [0.4, 0.5) is 9.18 Å². The summed E-state index contributed by atoms with van der Waals surface area (Å²) in [4.78, 5) is 14.2. The zero-order valence-electron chi connectivity index (χ0n) is 13.2. The van der Waals surface area contributed by atoms with Crippen molar-refractivity contribution in [1.29, 1.82) is 0 Å². The number of alkyl halides is 1. The largest absolute Gasteiger partial charge is 0.334 e. The third-order valence-electron chi connectivity index (χ3n) is 4.82. The minimum Gasteiger partial charge on any atom is -0.334 e. The lowest BCUT2D eigenvalue weighted by molar-refractivity contribution is 0.171. The van der Waals surface area contributed by atoms with Crippen molar-refractivity contribution in [3.63, 3.8) is 0 Å². The van der Waals surface area contributed by atoms with Crippen LogP contribution in [0.1, 0.15) is 51.4 Å². The van der Waals surface area contributed by atoms with Crippen LogP contribution < -0.4 is 10.6 Å². The smallest absolute Gasteiger partial charge is 0.317 e. The molecule has 0 aromatic heterocycles. The maximum Gasteiger partial charge on any atom is 0.317 e. The lowest BCUT2D eigenvalue weighted by Gasteiger charge is -2.32. The average Bonchev–Trinajstić information content (AvgIpc) is 2.50. The van der Waals surface area contributed by atoms with Gasteiger partial charge < -0.3 is 15.5 Å². The number of likely N-dealkylation sites (N-methyl/N-ethyl adjacent to an activating group) is 1. The molecule has 0 aromatic rings. The average molecular weight is 299 g/mol. The molecular formula is C16H30FN3O. The molecule has 2 fully saturated rings. The molecule has 0 bridgehead atoms. The van der Waals surface area contributed by atoms with E-state index in [9.17, 15) is 9.18 Å². The van der Waals surface area contributed by atoms with Crippen molar-refractivity contribution in [2.75, 3.05) is 26.7 Å². The van der Waals surface area contributed by atoms with Crippen molar-refractivity contribution < 1.29 is 9.18 Å². The molecule has 2 N–H and O–H groups in total. The van der Waals surface area contributed by atoms with E-state index in [2.05, 4.69) is 10.6 Å². The monoisotopic (exact) mass is 299 g/mol. The normalized spacial score (nSPS) is 28.2. The van der Waals surface area contributed by atoms with Gasteiger partial charge in [0.1, 0.15) is 6.17 Å². The van der Waals surface area contributed by atoms with Gasteiger partial charge in [-0.05, 0) is 64.3 Å². The fraction of sp³-hybridized carbons (Fsp3) is 0.938. The summed E-state index contributed by atoms with van der Waals surface area (Å²) < 4.78 is 13.2. The van der Waals surface area contributed by atoms with Gasteiger partial charge in [0.05, 0.1) is 0 Å². The zero-order chi connectivity index (χ0) is 15.1. The van der Waals surface area contributed by atoms with Gasteiger partial charge in [0.15, 0.2) is 0 Å². The maximum absolute atomic E-state index is 13.2. The molecule has 0 unspecified atom stereocenters. The van der Waals surface area contributed by atoms with E-state index >= 15 is 0 Å². The molecule has 1 aliphatic carbocycles. The summed E-state index contributed by atoms with van der Waals surface area (Å²) in [6.07, 6.45) is 7.13. The first-order valence-corrected chi connectivity index (χ1v) is 8.53. The van der Waals surface area contributed by atoms with Gasteiger partial charge in [-0.25, -0.2) is 9.18 Å². The van der Waals surface area contributed by atoms with Crippen molar-refractivity contribution in [3.05, 3.63) is 0 Å². The highest BCUT2D eigenvalue weighted by molar-refractivity contribution is 5.74. The van der Waals surface area contributed by atoms with Crippen LogP contribution in [0.2, 0.25) is 0 Å². The quantitative estimate of drug-likeness (QED) is 0.820. The molecule has 2 rings (SSSR count). The van der Waals surface area contributed by atoms with Crippen molar-refractivity contribution in [3.8, 4) is 0 Å². The number of carbonyl (C=O) groups excluding carboxylic acids is 1. The lowest BCUT2D eigenvalue weighted by atomic mass is 9.84. The highest BCUT2D eigenvalue weighted by Crippen LogP contribution is 2.29. The minimum absolute atomic E-state index is 0.0779. The Balaban J connectivity index is 1.78. The third-order valence-corrected chi connectivity index (χ3v) is 4.82. The van der Waals surface area contributed by atoms with Crippen LogP contribution in [-0.2, 0) is 0 Å². The molecule has 0 spiro atoms. The first-order chi connectivity index (χ1) is 10.2. The van der Waals surface area contributed by atoms with E-state index in [1.807, 2.05) is 11.9 Å². The zero-order valence-corrected chi connectivity index (χ0v) is 13.2. The Kier molecular flexibility index (Phi) is 6.74. The van der Waals surface area contributed by atoms with E-state index in [0.717, 1.165) is 51.7 Å². The molecule has 21 heavy (non-hydrogen) atoms. The molecular weight excluding hydrogens is 269 g/mol. The predicted octanol–water partition coefficient (Wildman–Crippen LogP) is 2.69. The summed E-state index contributed by atoms with van der Waals surface area (Å²) in [6, 6.07) is 0.236. The van der Waals surface area contributed by atoms with Gasteiger partial charge in [0, 0.05) is 25.7 Å². The number of nitrogens with zero attached hydrogens (tertiary/aromatic N) is 1. The minimum atomic E-state index is -0.605. The molecule has 1 saturated carbocycles. The van der Waals surface area contributed by atoms with Crippen molar-refractivity contribution in [1.82, 2.24) is 15.5 Å². The molecule has 0 aromatic carbocycles. The van der Waals surface area contributed by atoms with E-state index < -0.39 is 6.17 Å². The second-order valence-electron chi connectivity index (χ2n) is 6.61. The highest BCUT2D eigenvalue weighted by Gasteiger charge is 2.25. The van der Waals surface area contributed by atoms with E-state index in [1.165, 1.54) is 6.42 Å². The van der Waals surface area contributed by atoms with E-state index in [-0.39, 0.29) is 12.1 Å². The maximum atomic E-state index is 13.2. The number of urea groups is 1. The number of nitrogens with one attached hydrogen (secondary N) is 2. The SMILES string of the molecule is CNC[C@H](C[C@H]1CC[C@@H](F)CC1)NC(=O)N1CCCCC1. The number of halogens is 1. The molecule has 122 valence electrons. The summed E-state index contributed by atoms with van der Waals surface area (Å²) >= 11 is 0. The molecule has 4 nitrogen and oxygen atoms in total. The van der Waals surface area contributed by atoms with Gasteiger partial charge in [-0.2, -0.15) is 0 Å². The Hall–Kier alpha value is -0.840. The first-order valence-electron chi connectivity index (χ1n) is 8.53. The molecule has 5 heteroatoms. The van der Waals surface area contributed by atoms with Gasteiger partial charge in [-0.1, -0.05) is 0 Å². The molecule has 1 aliphatic heterocycles. The summed E-state index contributed by atoms with van der Waals surface area (Å²) in [5.74, 6) is 0.553. The molecule has 2 amide bonds. The Morgan fingerprint density at radius 1 is 1.19 bits per heavy atom. The standard InChI is InChI=1S/C16H30FN3O/c1-18-12-15(11-13-5-7-14(17)8-6-13)19-16(21)20-9-3-2-4-10-20/h13-15,18H,2-12H2,1H3,(H,19,21)/t13-,14+,15-/m0/s1. The summed E-state index contributed by atoms with van der Waals surface area (Å²) in [6.45, 7) is 2.55. The summed E-state index contributed by atoms with van der Waals surface area (Å²) in [5, 5.41) is 6.34. The number of piperidine rings is 1. The molecule has 0 radical (unpaired) electrons. The number of carbonyl (C=O) groups is 1. The molecule has 1 atom stereocenters. The second kappa shape index (κ2) is 8.57. The van der Waals surface area contributed by atoms with Gasteiger partial charge >= 0.3 is 6.03 Å². The Labute approximate surface area is 127 Å². The molecule has 2 aliphatic rings. The predicted molar refractivity (Wildman–Crippen MR) is 83.1 cm³/mol. The van der Waals surface area contributed by atoms with Crippen LogP contribution in [0, 0.1) is 5.92 Å². The van der Waals surface area contributed by atoms with Crippen LogP contribution in [-0.4, -0.2) is 49.8 Å². The highest BCUT2D eigenvalue weighted by atomic mass is 19.1. The molecule has 1 heterocycles. The lowest BCUT2D eigenvalue weighted by Crippen LogP contribution is -2.50. The van der Waals surface area contributed by atoms with Crippen LogP contribution in [0.3, 0.4) is 0 Å². The van der Waals surface area contributed by atoms with Crippen molar-refractivity contribution in [2.24, 2.45) is 5.92 Å². The van der Waals surface area contributed by atoms with Crippen molar-refractivity contribution in [2.45, 2.75) is 63.6 Å². The Bertz CT molecular complexity index is 313. The number of hydrogen-bond donors (Lipinski definition) is 2. The fourth-order valence-corrected chi connectivity index (χ4v) is 3.56. The molecule has 1 saturated heterocycles. The Morgan fingerprint density at radius 3 is 2.48 bits per heavy atom. The van der Waals surface area contributed by atoms with Crippen LogP contribution in [0.25, 0.3) is 0 Å². The first kappa shape index (κ1) is 16.5. The van der Waals surface area contributed by atoms with E-state index in [4.69, 9.17) is 0 Å². The summed E-state index contributed by atoms with van der Waals surface area (Å²) in [5.41, 5.74) is 0. The third kappa shape index (κ3) is 5.46. The van der Waals surface area contributed by atoms with Crippen LogP contribution in [0.5, 0.6) is 0 Å². The number of hydrogen-bond acceptors (Lipinski definition) is 2. The van der Waals surface area contributed by atoms with Crippen LogP contribution in [0.15, 0.2) is 0 Å². The van der Waals surface area contributed by atoms with E-state index in [1.54, 1.807) is 0 Å². The Morgan fingerprint density at radius 2 is 1.86 bits per heavy atom. The van der Waals surface area contributed by atoms with Gasteiger partial charge in [0.2, 0.25) is 0 Å². The van der Waals surface area contributed by atoms with Gasteiger partial charge in [-0.15, -0.1) is 0 Å². The number of amides is 2. The van der Waals surface area contributed by atoms with Gasteiger partial charge in [0.25, 0.3) is 0 Å². The summed E-state index contributed by atoms with van der Waals surface area (Å²) in [7, 11) is 1.92. The second-order valence-corrected chi connectivity index (χ2v) is 6.61. The topological polar surface area (TPSA) is 44.4 Å². The van der Waals surface area contributed by atoms with Gasteiger partial charge in [-0.3, -0.25) is 0 Å².